The van der Waals surface area contributed by atoms with Crippen LogP contribution in [0.15, 0.2) is 54.9 Å². The molecule has 3 heterocycles. The summed E-state index contributed by atoms with van der Waals surface area (Å²) >= 11 is 0. The fraction of sp³-hybridized carbons (Fsp3) is 0.238. The summed E-state index contributed by atoms with van der Waals surface area (Å²) in [5.41, 5.74) is 3.64. The van der Waals surface area contributed by atoms with Gasteiger partial charge in [-0.1, -0.05) is 24.3 Å². The molecule has 0 saturated carbocycles. The summed E-state index contributed by atoms with van der Waals surface area (Å²) in [6.45, 7) is 1.74. The molecule has 4 rings (SSSR count). The van der Waals surface area contributed by atoms with Crippen LogP contribution in [0.1, 0.15) is 35.8 Å². The minimum Gasteiger partial charge on any atom is -0.423 e. The zero-order valence-corrected chi connectivity index (χ0v) is 16.3. The summed E-state index contributed by atoms with van der Waals surface area (Å²) in [6, 6.07) is 14.9. The summed E-state index contributed by atoms with van der Waals surface area (Å²) in [5, 5.41) is 30.5. The molecule has 1 aromatic carbocycles. The standard InChI is InChI=1S/C21H21BN6O2/c23-12-17-7-8-18(13-25-17)26-21-24-10-9-19(27-21)20-2-1-11-28(20)14-15-3-5-16(6-4-15)22(29)30/h3-10,13,20,29-30H,1-2,11,14H2,(H,24,26,27)/t20-/m1/s1. The van der Waals surface area contributed by atoms with E-state index < -0.39 is 7.12 Å². The maximum absolute atomic E-state index is 9.25. The molecule has 0 radical (unpaired) electrons. The summed E-state index contributed by atoms with van der Waals surface area (Å²) in [4.78, 5) is 15.4. The summed E-state index contributed by atoms with van der Waals surface area (Å²) < 4.78 is 0. The molecule has 0 aliphatic carbocycles. The van der Waals surface area contributed by atoms with Gasteiger partial charge in [0.15, 0.2) is 0 Å². The van der Waals surface area contributed by atoms with Crippen LogP contribution in [0.4, 0.5) is 11.6 Å². The average Bonchev–Trinajstić information content (AvgIpc) is 3.23. The van der Waals surface area contributed by atoms with Crippen LogP contribution >= 0.6 is 0 Å². The van der Waals surface area contributed by atoms with E-state index in [2.05, 4.69) is 20.2 Å². The highest BCUT2D eigenvalue weighted by Gasteiger charge is 2.27. The van der Waals surface area contributed by atoms with Gasteiger partial charge >= 0.3 is 7.12 Å². The Morgan fingerprint density at radius 3 is 2.67 bits per heavy atom. The lowest BCUT2D eigenvalue weighted by atomic mass is 9.80. The Hall–Kier alpha value is -3.32. The van der Waals surface area contributed by atoms with Crippen molar-refractivity contribution in [1.29, 1.82) is 5.26 Å². The van der Waals surface area contributed by atoms with Crippen LogP contribution in [0.25, 0.3) is 0 Å². The summed E-state index contributed by atoms with van der Waals surface area (Å²) in [5.74, 6) is 0.493. The van der Waals surface area contributed by atoms with Gasteiger partial charge < -0.3 is 15.4 Å². The predicted molar refractivity (Wildman–Crippen MR) is 113 cm³/mol. The molecule has 1 saturated heterocycles. The van der Waals surface area contributed by atoms with E-state index in [0.717, 1.165) is 42.9 Å². The number of aromatic nitrogens is 3. The third-order valence-corrected chi connectivity index (χ3v) is 5.18. The molecule has 2 aromatic heterocycles. The average molecular weight is 400 g/mol. The van der Waals surface area contributed by atoms with E-state index in [0.29, 0.717) is 17.1 Å². The second-order valence-electron chi connectivity index (χ2n) is 7.22. The van der Waals surface area contributed by atoms with Crippen molar-refractivity contribution in [1.82, 2.24) is 19.9 Å². The number of hydrogen-bond donors (Lipinski definition) is 3. The zero-order valence-electron chi connectivity index (χ0n) is 16.3. The lowest BCUT2D eigenvalue weighted by Gasteiger charge is -2.24. The number of benzene rings is 1. The molecule has 3 N–H and O–H groups in total. The molecular weight excluding hydrogens is 379 g/mol. The van der Waals surface area contributed by atoms with Crippen molar-refractivity contribution < 1.29 is 10.0 Å². The van der Waals surface area contributed by atoms with E-state index >= 15 is 0 Å². The van der Waals surface area contributed by atoms with Gasteiger partial charge in [-0.25, -0.2) is 15.0 Å². The predicted octanol–water partition coefficient (Wildman–Crippen LogP) is 1.50. The third-order valence-electron chi connectivity index (χ3n) is 5.18. The van der Waals surface area contributed by atoms with Crippen LogP contribution < -0.4 is 10.8 Å². The Labute approximate surface area is 175 Å². The SMILES string of the molecule is N#Cc1ccc(Nc2nccc([C@H]3CCCN3Cc3ccc(B(O)O)cc3)n2)cn1. The van der Waals surface area contributed by atoms with Crippen LogP contribution in [-0.4, -0.2) is 43.6 Å². The fourth-order valence-electron chi connectivity index (χ4n) is 3.66. The first-order valence-electron chi connectivity index (χ1n) is 9.77. The number of likely N-dealkylation sites (tertiary alicyclic amines) is 1. The van der Waals surface area contributed by atoms with E-state index in [9.17, 15) is 10.0 Å². The van der Waals surface area contributed by atoms with E-state index in [1.807, 2.05) is 24.3 Å². The minimum absolute atomic E-state index is 0.191. The highest BCUT2D eigenvalue weighted by molar-refractivity contribution is 6.58. The lowest BCUT2D eigenvalue weighted by Crippen LogP contribution is -2.30. The largest absolute Gasteiger partial charge is 0.488 e. The van der Waals surface area contributed by atoms with E-state index in [-0.39, 0.29) is 6.04 Å². The second kappa shape index (κ2) is 9.01. The van der Waals surface area contributed by atoms with E-state index in [1.54, 1.807) is 36.7 Å². The Balaban J connectivity index is 1.47. The van der Waals surface area contributed by atoms with Gasteiger partial charge in [0.25, 0.3) is 0 Å². The van der Waals surface area contributed by atoms with Crippen molar-refractivity contribution >= 4 is 24.2 Å². The van der Waals surface area contributed by atoms with Gasteiger partial charge in [-0.05, 0) is 48.6 Å². The third kappa shape index (κ3) is 4.63. The van der Waals surface area contributed by atoms with Crippen molar-refractivity contribution in [2.45, 2.75) is 25.4 Å². The summed E-state index contributed by atoms with van der Waals surface area (Å²) in [7, 11) is -1.45. The quantitative estimate of drug-likeness (QED) is 0.533. The number of nitrogens with zero attached hydrogens (tertiary/aromatic N) is 5. The van der Waals surface area contributed by atoms with Crippen molar-refractivity contribution in [3.05, 3.63) is 71.8 Å². The number of hydrogen-bond acceptors (Lipinski definition) is 8. The summed E-state index contributed by atoms with van der Waals surface area (Å²) in [6.07, 6.45) is 5.44. The topological polar surface area (TPSA) is 118 Å². The lowest BCUT2D eigenvalue weighted by molar-refractivity contribution is 0.244. The van der Waals surface area contributed by atoms with Crippen LogP contribution in [0.5, 0.6) is 0 Å². The van der Waals surface area contributed by atoms with Crippen LogP contribution in [0.3, 0.4) is 0 Å². The van der Waals surface area contributed by atoms with Crippen molar-refractivity contribution in [2.75, 3.05) is 11.9 Å². The van der Waals surface area contributed by atoms with Gasteiger partial charge in [0.05, 0.1) is 23.6 Å². The number of pyridine rings is 1. The first kappa shape index (κ1) is 20.0. The van der Waals surface area contributed by atoms with E-state index in [4.69, 9.17) is 10.2 Å². The first-order chi connectivity index (χ1) is 14.6. The molecule has 8 nitrogen and oxygen atoms in total. The fourth-order valence-corrected chi connectivity index (χ4v) is 3.66. The molecule has 1 atom stereocenters. The number of rotatable bonds is 6. The van der Waals surface area contributed by atoms with Gasteiger partial charge in [0.2, 0.25) is 5.95 Å². The Morgan fingerprint density at radius 1 is 1.13 bits per heavy atom. The van der Waals surface area contributed by atoms with Crippen LogP contribution in [0.2, 0.25) is 0 Å². The molecule has 0 amide bonds. The van der Waals surface area contributed by atoms with Crippen LogP contribution in [0, 0.1) is 11.3 Å². The van der Waals surface area contributed by atoms with E-state index in [1.165, 1.54) is 0 Å². The first-order valence-corrected chi connectivity index (χ1v) is 9.77. The molecule has 1 fully saturated rings. The Morgan fingerprint density at radius 2 is 1.97 bits per heavy atom. The normalized spacial score (nSPS) is 16.2. The molecule has 30 heavy (non-hydrogen) atoms. The molecule has 150 valence electrons. The van der Waals surface area contributed by atoms with Crippen LogP contribution in [-0.2, 0) is 6.54 Å². The molecule has 0 spiro atoms. The molecular formula is C21H21BN6O2. The zero-order chi connectivity index (χ0) is 20.9. The highest BCUT2D eigenvalue weighted by Crippen LogP contribution is 2.32. The molecule has 1 aliphatic heterocycles. The maximum atomic E-state index is 9.25. The van der Waals surface area contributed by atoms with Gasteiger partial charge in [-0.2, -0.15) is 5.26 Å². The minimum atomic E-state index is -1.45. The molecule has 1 aliphatic rings. The molecule has 9 heteroatoms. The molecule has 3 aromatic rings. The number of nitrogens with one attached hydrogen (secondary N) is 1. The Bertz CT molecular complexity index is 1040. The molecule has 0 bridgehead atoms. The van der Waals surface area contributed by atoms with Gasteiger partial charge in [-0.3, -0.25) is 4.90 Å². The second-order valence-corrected chi connectivity index (χ2v) is 7.22. The maximum Gasteiger partial charge on any atom is 0.488 e. The number of nitriles is 1. The smallest absolute Gasteiger partial charge is 0.423 e. The number of anilines is 2. The highest BCUT2D eigenvalue weighted by atomic mass is 16.4. The molecule has 0 unspecified atom stereocenters. The van der Waals surface area contributed by atoms with Crippen molar-refractivity contribution in [3.63, 3.8) is 0 Å². The monoisotopic (exact) mass is 400 g/mol. The van der Waals surface area contributed by atoms with Gasteiger partial charge in [-0.15, -0.1) is 0 Å². The van der Waals surface area contributed by atoms with Crippen molar-refractivity contribution in [2.24, 2.45) is 0 Å². The van der Waals surface area contributed by atoms with Gasteiger partial charge in [0.1, 0.15) is 11.8 Å². The van der Waals surface area contributed by atoms with Crippen molar-refractivity contribution in [3.8, 4) is 6.07 Å². The van der Waals surface area contributed by atoms with Gasteiger partial charge in [0, 0.05) is 12.7 Å². The Kier molecular flexibility index (Phi) is 6.00.